The van der Waals surface area contributed by atoms with Crippen molar-refractivity contribution in [2.45, 2.75) is 439 Å². The fourth-order valence-electron chi connectivity index (χ4n) is 25.3. The van der Waals surface area contributed by atoms with Crippen LogP contribution >= 0.6 is 0 Å². The lowest BCUT2D eigenvalue weighted by molar-refractivity contribution is -0.305. The fourth-order valence-corrected chi connectivity index (χ4v) is 25.3. The highest BCUT2D eigenvalue weighted by molar-refractivity contribution is 5.71. The van der Waals surface area contributed by atoms with Gasteiger partial charge in [0.2, 0.25) is 11.6 Å². The minimum Gasteiger partial charge on any atom is -0.459 e. The van der Waals surface area contributed by atoms with E-state index < -0.39 is 96.4 Å². The molecule has 22 aliphatic rings. The molecule has 26 nitrogen and oxygen atoms in total. The first-order chi connectivity index (χ1) is 57.4. The number of aliphatic hydroxyl groups is 1. The van der Waals surface area contributed by atoms with Gasteiger partial charge in [-0.15, -0.1) is 13.2 Å². The first kappa shape index (κ1) is 85.0. The first-order valence-corrected chi connectivity index (χ1v) is 46.1. The second kappa shape index (κ2) is 34.3. The Morgan fingerprint density at radius 3 is 1.31 bits per heavy atom. The van der Waals surface area contributed by atoms with Gasteiger partial charge in [-0.05, 0) is 149 Å². The zero-order valence-corrected chi connectivity index (χ0v) is 71.2. The van der Waals surface area contributed by atoms with E-state index in [0.717, 1.165) is 99.3 Å². The minimum absolute atomic E-state index is 0.00385. The molecule has 0 saturated carbocycles. The van der Waals surface area contributed by atoms with Crippen LogP contribution < -0.4 is 0 Å². The number of esters is 2. The van der Waals surface area contributed by atoms with Gasteiger partial charge in [-0.1, -0.05) is 86.4 Å². The molecule has 0 radical (unpaired) electrons. The van der Waals surface area contributed by atoms with Crippen molar-refractivity contribution in [1.29, 1.82) is 0 Å². The van der Waals surface area contributed by atoms with Crippen molar-refractivity contribution in [2.75, 3.05) is 26.9 Å². The number of rotatable bonds is 11. The molecule has 0 aromatic heterocycles. The third kappa shape index (κ3) is 16.0. The molecule has 662 valence electrons. The predicted octanol–water partition coefficient (Wildman–Crippen LogP) is 11.6. The SMILES string of the molecule is C=CCOC12C[C@]34CCC5CC(=C)C(CC[C@H]6C[C@@H](C)C(=C)C(C[C@@H]7O[C@H]8CC(C)[C@@H](CCC)O[C@H]8[C@H](C)[C@H]7OC(=O)CC7CC[C@@H]8OC([C@@H](O1)[C@@H](O3)[C@H]8O7)[C@@H]2O4)O6)O5.C=CCOC12C[C@]34CCC5CC(=C)C(CC[C@H]6C[C@@H](C)C(=C)C(C[C@@H]7O[C@H]8CC(OC)[C@@H](CCO)O[C@H]8[C@H](C)[C@H]7OC(=O)CC7CC[C@@H]8OC([C@@H](O1)[C@@H](O3)[C@H]8O7)[C@@H]2O4)O6)O5. The molecular weight excluding hydrogens is 1530 g/mol. The molecule has 22 heterocycles. The van der Waals surface area contributed by atoms with E-state index in [9.17, 15) is 14.7 Å². The van der Waals surface area contributed by atoms with Crippen LogP contribution in [0.15, 0.2) is 73.9 Å². The molecule has 119 heavy (non-hydrogen) atoms. The highest BCUT2D eigenvalue weighted by atomic mass is 16.8. The minimum atomic E-state index is -1.04. The molecule has 22 aliphatic heterocycles. The van der Waals surface area contributed by atoms with E-state index in [0.29, 0.717) is 103 Å². The Bertz CT molecular complexity index is 3730. The number of methoxy groups -OCH3 is 1. The largest absolute Gasteiger partial charge is 0.459 e. The van der Waals surface area contributed by atoms with Crippen LogP contribution in [0, 0.1) is 29.6 Å². The summed E-state index contributed by atoms with van der Waals surface area (Å²) in [6.07, 6.45) is 11.8. The maximum Gasteiger partial charge on any atom is 0.308 e. The first-order valence-electron chi connectivity index (χ1n) is 46.1. The van der Waals surface area contributed by atoms with E-state index in [2.05, 4.69) is 81.0 Å². The van der Waals surface area contributed by atoms with Crippen LogP contribution in [0.2, 0.25) is 0 Å². The van der Waals surface area contributed by atoms with Crippen molar-refractivity contribution in [1.82, 2.24) is 0 Å². The number of fused-ring (bicyclic) bond motifs is 14. The van der Waals surface area contributed by atoms with E-state index >= 15 is 0 Å². The Balaban J connectivity index is 0.000000158. The zero-order chi connectivity index (χ0) is 82.3. The molecule has 22 rings (SSSR count). The van der Waals surface area contributed by atoms with Gasteiger partial charge in [0.15, 0.2) is 11.6 Å². The Hall–Kier alpha value is -3.50. The molecule has 22 fully saturated rings. The Morgan fingerprint density at radius 2 is 0.849 bits per heavy atom. The van der Waals surface area contributed by atoms with Crippen LogP contribution in [0.3, 0.4) is 0 Å². The topological polar surface area (TPSA) is 267 Å². The molecule has 14 unspecified atom stereocenters. The van der Waals surface area contributed by atoms with Crippen molar-refractivity contribution in [3.05, 3.63) is 73.9 Å². The Morgan fingerprint density at radius 1 is 0.412 bits per heavy atom. The number of carbonyl (C=O) groups is 2. The van der Waals surface area contributed by atoms with Crippen LogP contribution in [-0.2, 0) is 119 Å². The average Bonchev–Trinajstić information content (AvgIpc) is 1.59. The molecule has 22 saturated heterocycles. The van der Waals surface area contributed by atoms with E-state index in [1.165, 1.54) is 0 Å². The van der Waals surface area contributed by atoms with Crippen molar-refractivity contribution >= 4 is 11.9 Å². The van der Waals surface area contributed by atoms with Crippen LogP contribution in [0.4, 0.5) is 0 Å². The molecule has 26 heteroatoms. The van der Waals surface area contributed by atoms with Crippen LogP contribution in [0.1, 0.15) is 215 Å². The van der Waals surface area contributed by atoms with Crippen LogP contribution in [0.5, 0.6) is 0 Å². The highest BCUT2D eigenvalue weighted by Crippen LogP contribution is 2.62. The van der Waals surface area contributed by atoms with Crippen molar-refractivity contribution in [3.8, 4) is 0 Å². The van der Waals surface area contributed by atoms with E-state index in [1.807, 2.05) is 0 Å². The van der Waals surface area contributed by atoms with Gasteiger partial charge in [-0.25, -0.2) is 0 Å². The van der Waals surface area contributed by atoms with Crippen molar-refractivity contribution < 1.29 is 124 Å². The van der Waals surface area contributed by atoms with Gasteiger partial charge in [0, 0.05) is 57.7 Å². The summed E-state index contributed by atoms with van der Waals surface area (Å²) in [5.41, 5.74) is 4.34. The summed E-state index contributed by atoms with van der Waals surface area (Å²) < 4.78 is 156. The predicted molar refractivity (Wildman–Crippen MR) is 427 cm³/mol. The smallest absolute Gasteiger partial charge is 0.308 e. The lowest BCUT2D eigenvalue weighted by atomic mass is 9.78. The number of carbonyl (C=O) groups excluding carboxylic acids is 2. The van der Waals surface area contributed by atoms with Crippen molar-refractivity contribution in [2.24, 2.45) is 29.6 Å². The summed E-state index contributed by atoms with van der Waals surface area (Å²) in [5.74, 6) is -4.08. The quantitative estimate of drug-likeness (QED) is 0.149. The Kier molecular flexibility index (Phi) is 24.5. The van der Waals surface area contributed by atoms with Crippen LogP contribution in [0.25, 0.3) is 0 Å². The van der Waals surface area contributed by atoms with Crippen molar-refractivity contribution in [3.63, 3.8) is 0 Å². The van der Waals surface area contributed by atoms with Gasteiger partial charge in [-0.3, -0.25) is 9.59 Å². The number of aliphatic hydroxyl groups excluding tert-OH is 1. The summed E-state index contributed by atoms with van der Waals surface area (Å²) in [7, 11) is 1.67. The second-order valence-electron chi connectivity index (χ2n) is 39.4. The third-order valence-corrected chi connectivity index (χ3v) is 31.4. The molecular formula is C93H134O26. The van der Waals surface area contributed by atoms with Gasteiger partial charge < -0.3 is 114 Å². The number of hydrogen-bond donors (Lipinski definition) is 1. The molecule has 0 amide bonds. The third-order valence-electron chi connectivity index (χ3n) is 31.4. The van der Waals surface area contributed by atoms with E-state index in [-0.39, 0.29) is 183 Å². The van der Waals surface area contributed by atoms with Crippen LogP contribution in [-0.4, -0.2) is 269 Å². The van der Waals surface area contributed by atoms with Gasteiger partial charge in [0.05, 0.1) is 167 Å². The molecule has 1 N–H and O–H groups in total. The van der Waals surface area contributed by atoms with E-state index in [4.69, 9.17) is 109 Å². The summed E-state index contributed by atoms with van der Waals surface area (Å²) in [6, 6.07) is 0. The molecule has 0 aromatic rings. The standard InChI is InChI=1S/C47H68O12.C46H66O14/c1-8-10-32-26(5)20-36-39(54-32)28(7)40-37(53-36)22-35-27(6)24(3)18-29(51-35)11-13-33-25(4)19-31(50-33)15-16-46-23-47(49-17-9-2)45(59-46)44-43(58-47)42(57-46)41-34(55-44)14-12-30(52-41)21-38(48)56-40;1-7-16-50-46-22-45-14-12-29-18-24(3)30(51-29)10-8-27-17-23(2)25(4)33(52-27)20-35-39(26(5)38-36(54-35)21-34(49-6)31(55-38)13-15-47)57-37(48)19-28-9-11-32-40(53-28)41(58-45)42(59-46)43(56-32)44(46)60-45/h9,24,26,28-37,39-45H,2,4,6,8,10-23H2,1,3,5,7H3;7,23,26-36,38-44,47H,1,3-4,8-22H2,2,5-6H3/t24-,26?,28+,29+,30?,31?,32-,33?,34+,35?,36+,37+,39+,40-,41+,42+,43+,44?,45+,46-,47?;23-,26+,27+,28?,29?,30?,31-,32+,33?,34?,35+,36+,38+,39-,40+,41+,42+,43?,44+,45-,46?/m11/s1. The molecule has 42 atom stereocenters. The lowest BCUT2D eigenvalue weighted by Crippen LogP contribution is -2.62. The maximum atomic E-state index is 14.2. The lowest BCUT2D eigenvalue weighted by Gasteiger charge is -2.51. The van der Waals surface area contributed by atoms with Gasteiger partial charge >= 0.3 is 11.9 Å². The zero-order valence-electron chi connectivity index (χ0n) is 71.2. The van der Waals surface area contributed by atoms with Gasteiger partial charge in [0.25, 0.3) is 0 Å². The Labute approximate surface area is 702 Å². The number of ether oxygens (including phenoxy) is 23. The van der Waals surface area contributed by atoms with Gasteiger partial charge in [-0.2, -0.15) is 0 Å². The molecule has 24 bridgehead atoms. The summed E-state index contributed by atoms with van der Waals surface area (Å²) in [4.78, 5) is 28.4. The van der Waals surface area contributed by atoms with Gasteiger partial charge in [0.1, 0.15) is 73.2 Å². The molecule has 0 aromatic carbocycles. The molecule has 2 spiro atoms. The summed E-state index contributed by atoms with van der Waals surface area (Å²) in [5, 5.41) is 9.86. The summed E-state index contributed by atoms with van der Waals surface area (Å²) in [6.45, 7) is 39.6. The second-order valence-corrected chi connectivity index (χ2v) is 39.4. The molecule has 0 aliphatic carbocycles. The fraction of sp³-hybridized carbons (Fsp3) is 0.849. The summed E-state index contributed by atoms with van der Waals surface area (Å²) >= 11 is 0. The maximum absolute atomic E-state index is 14.2. The normalized spacial score (nSPS) is 52.9. The highest BCUT2D eigenvalue weighted by Gasteiger charge is 2.78. The van der Waals surface area contributed by atoms with E-state index in [1.54, 1.807) is 19.3 Å². The monoisotopic (exact) mass is 1670 g/mol. The average molecular weight is 1670 g/mol. The number of hydrogen-bond acceptors (Lipinski definition) is 26.